The molecule has 108 valence electrons. The Morgan fingerprint density at radius 1 is 1.55 bits per heavy atom. The second-order valence-electron chi connectivity index (χ2n) is 4.72. The molecule has 0 N–H and O–H groups in total. The minimum atomic E-state index is -0.470. The minimum Gasteiger partial charge on any atom is -0.465 e. The number of carbonyl (C=O) groups is 1. The molecule has 1 fully saturated rings. The number of anilines is 1. The Morgan fingerprint density at radius 2 is 2.25 bits per heavy atom. The van der Waals surface area contributed by atoms with Gasteiger partial charge in [0.2, 0.25) is 5.82 Å². The summed E-state index contributed by atoms with van der Waals surface area (Å²) in [5.41, 5.74) is 0.604. The number of hydrogen-bond acceptors (Lipinski definition) is 6. The number of carbonyl (C=O) groups excluding carboxylic acids is 1. The van der Waals surface area contributed by atoms with Crippen LogP contribution >= 0.6 is 0 Å². The molecule has 0 saturated heterocycles. The van der Waals surface area contributed by atoms with Crippen LogP contribution in [0.15, 0.2) is 12.1 Å². The summed E-state index contributed by atoms with van der Waals surface area (Å²) in [4.78, 5) is 28.2. The van der Waals surface area contributed by atoms with Crippen LogP contribution in [0, 0.1) is 17.0 Å². The molecule has 0 aromatic carbocycles. The Labute approximate surface area is 116 Å². The van der Waals surface area contributed by atoms with Crippen LogP contribution in [0.4, 0.5) is 11.5 Å². The average Bonchev–Trinajstić information content (AvgIpc) is 3.20. The smallest absolute Gasteiger partial charge is 0.325 e. The van der Waals surface area contributed by atoms with E-state index in [0.29, 0.717) is 12.3 Å². The van der Waals surface area contributed by atoms with Crippen LogP contribution in [0.25, 0.3) is 0 Å². The number of nitro groups is 1. The summed E-state index contributed by atoms with van der Waals surface area (Å²) in [6, 6.07) is 3.15. The molecule has 1 aromatic rings. The van der Waals surface area contributed by atoms with Crippen LogP contribution in [-0.4, -0.2) is 35.1 Å². The van der Waals surface area contributed by atoms with Gasteiger partial charge in [0, 0.05) is 17.8 Å². The molecule has 7 nitrogen and oxygen atoms in total. The lowest BCUT2D eigenvalue weighted by Crippen LogP contribution is -2.34. The number of pyridine rings is 1. The molecule has 1 saturated carbocycles. The van der Waals surface area contributed by atoms with Crippen molar-refractivity contribution in [3.8, 4) is 0 Å². The zero-order valence-corrected chi connectivity index (χ0v) is 11.5. The van der Waals surface area contributed by atoms with Gasteiger partial charge in [-0.05, 0) is 32.8 Å². The van der Waals surface area contributed by atoms with E-state index in [1.807, 2.05) is 0 Å². The van der Waals surface area contributed by atoms with Crippen molar-refractivity contribution in [1.29, 1.82) is 0 Å². The van der Waals surface area contributed by atoms with Crippen molar-refractivity contribution in [2.75, 3.05) is 18.1 Å². The SMILES string of the molecule is CCOC(=O)CN(c1nc(C)ccc1[N+](=O)[O-])C1CC1. The molecular formula is C13H17N3O4. The van der Waals surface area contributed by atoms with Crippen molar-refractivity contribution in [2.24, 2.45) is 0 Å². The van der Waals surface area contributed by atoms with Gasteiger partial charge in [0.05, 0.1) is 11.5 Å². The number of hydrogen-bond donors (Lipinski definition) is 0. The minimum absolute atomic E-state index is 0.00417. The Balaban J connectivity index is 2.31. The van der Waals surface area contributed by atoms with Crippen molar-refractivity contribution in [2.45, 2.75) is 32.7 Å². The molecule has 0 amide bonds. The molecule has 1 aliphatic rings. The number of ether oxygens (including phenoxy) is 1. The first-order valence-corrected chi connectivity index (χ1v) is 6.57. The molecule has 1 heterocycles. The number of esters is 1. The van der Waals surface area contributed by atoms with Gasteiger partial charge in [-0.2, -0.15) is 0 Å². The summed E-state index contributed by atoms with van der Waals surface area (Å²) in [5, 5.41) is 11.1. The second kappa shape index (κ2) is 5.85. The van der Waals surface area contributed by atoms with Gasteiger partial charge in [-0.25, -0.2) is 4.98 Å². The number of aromatic nitrogens is 1. The van der Waals surface area contributed by atoms with E-state index in [2.05, 4.69) is 4.98 Å². The fourth-order valence-electron chi connectivity index (χ4n) is 2.00. The van der Waals surface area contributed by atoms with E-state index in [-0.39, 0.29) is 24.1 Å². The Hall–Kier alpha value is -2.18. The van der Waals surface area contributed by atoms with Gasteiger partial charge in [0.1, 0.15) is 6.54 Å². The van der Waals surface area contributed by atoms with Crippen molar-refractivity contribution in [1.82, 2.24) is 4.98 Å². The maximum Gasteiger partial charge on any atom is 0.325 e. The number of nitrogens with zero attached hydrogens (tertiary/aromatic N) is 3. The van der Waals surface area contributed by atoms with Crippen LogP contribution in [0.3, 0.4) is 0 Å². The highest BCUT2D eigenvalue weighted by Gasteiger charge is 2.35. The molecule has 0 bridgehead atoms. The first kappa shape index (κ1) is 14.2. The van der Waals surface area contributed by atoms with Crippen LogP contribution in [0.5, 0.6) is 0 Å². The largest absolute Gasteiger partial charge is 0.465 e. The van der Waals surface area contributed by atoms with E-state index < -0.39 is 10.9 Å². The summed E-state index contributed by atoms with van der Waals surface area (Å²) >= 11 is 0. The Morgan fingerprint density at radius 3 is 2.80 bits per heavy atom. The predicted octanol–water partition coefficient (Wildman–Crippen LogP) is 1.83. The van der Waals surface area contributed by atoms with E-state index in [1.54, 1.807) is 24.8 Å². The van der Waals surface area contributed by atoms with Crippen molar-refractivity contribution in [3.63, 3.8) is 0 Å². The lowest BCUT2D eigenvalue weighted by atomic mass is 10.3. The van der Waals surface area contributed by atoms with Crippen molar-refractivity contribution < 1.29 is 14.5 Å². The maximum atomic E-state index is 11.7. The molecule has 1 aliphatic carbocycles. The molecule has 0 unspecified atom stereocenters. The standard InChI is InChI=1S/C13H17N3O4/c1-3-20-12(17)8-15(10-5-6-10)13-11(16(18)19)7-4-9(2)14-13/h4,7,10H,3,5-6,8H2,1-2H3. The topological polar surface area (TPSA) is 85.6 Å². The predicted molar refractivity (Wildman–Crippen MR) is 72.6 cm³/mol. The average molecular weight is 279 g/mol. The van der Waals surface area contributed by atoms with Crippen LogP contribution < -0.4 is 4.90 Å². The van der Waals surface area contributed by atoms with E-state index in [1.165, 1.54) is 6.07 Å². The Kier molecular flexibility index (Phi) is 4.16. The van der Waals surface area contributed by atoms with Gasteiger partial charge < -0.3 is 9.64 Å². The quantitative estimate of drug-likeness (QED) is 0.448. The fourth-order valence-corrected chi connectivity index (χ4v) is 2.00. The van der Waals surface area contributed by atoms with Crippen LogP contribution in [-0.2, 0) is 9.53 Å². The molecule has 0 atom stereocenters. The third kappa shape index (κ3) is 3.23. The van der Waals surface area contributed by atoms with Crippen LogP contribution in [0.2, 0.25) is 0 Å². The molecule has 2 rings (SSSR count). The molecule has 1 aromatic heterocycles. The summed E-state index contributed by atoms with van der Waals surface area (Å²) < 4.78 is 4.92. The lowest BCUT2D eigenvalue weighted by molar-refractivity contribution is -0.384. The van der Waals surface area contributed by atoms with Crippen LogP contribution in [0.1, 0.15) is 25.5 Å². The molecule has 7 heteroatoms. The van der Waals surface area contributed by atoms with Gasteiger partial charge >= 0.3 is 11.7 Å². The normalized spacial score (nSPS) is 13.9. The fraction of sp³-hybridized carbons (Fsp3) is 0.538. The van der Waals surface area contributed by atoms with Gasteiger partial charge in [-0.15, -0.1) is 0 Å². The Bertz CT molecular complexity index is 528. The van der Waals surface area contributed by atoms with E-state index in [0.717, 1.165) is 12.8 Å². The molecule has 0 radical (unpaired) electrons. The summed E-state index contributed by atoms with van der Waals surface area (Å²) in [6.45, 7) is 3.78. The summed E-state index contributed by atoms with van der Waals surface area (Å²) in [5.74, 6) is -0.137. The van der Waals surface area contributed by atoms with Gasteiger partial charge in [-0.3, -0.25) is 14.9 Å². The number of aryl methyl sites for hydroxylation is 1. The first-order chi connectivity index (χ1) is 9.52. The third-order valence-electron chi connectivity index (χ3n) is 3.05. The highest BCUT2D eigenvalue weighted by Crippen LogP contribution is 2.35. The van der Waals surface area contributed by atoms with Gasteiger partial charge in [0.15, 0.2) is 0 Å². The zero-order valence-electron chi connectivity index (χ0n) is 11.5. The highest BCUT2D eigenvalue weighted by molar-refractivity contribution is 5.77. The van der Waals surface area contributed by atoms with E-state index >= 15 is 0 Å². The molecule has 0 aliphatic heterocycles. The third-order valence-corrected chi connectivity index (χ3v) is 3.05. The lowest BCUT2D eigenvalue weighted by Gasteiger charge is -2.22. The molecule has 20 heavy (non-hydrogen) atoms. The van der Waals surface area contributed by atoms with Crippen molar-refractivity contribution >= 4 is 17.5 Å². The second-order valence-corrected chi connectivity index (χ2v) is 4.72. The highest BCUT2D eigenvalue weighted by atomic mass is 16.6. The van der Waals surface area contributed by atoms with Gasteiger partial charge in [0.25, 0.3) is 0 Å². The number of rotatable bonds is 6. The van der Waals surface area contributed by atoms with Crippen molar-refractivity contribution in [3.05, 3.63) is 27.9 Å². The molecular weight excluding hydrogens is 262 g/mol. The molecule has 0 spiro atoms. The summed E-state index contributed by atoms with van der Waals surface area (Å²) in [7, 11) is 0. The first-order valence-electron chi connectivity index (χ1n) is 6.57. The summed E-state index contributed by atoms with van der Waals surface area (Å²) in [6.07, 6.45) is 1.82. The van der Waals surface area contributed by atoms with Gasteiger partial charge in [-0.1, -0.05) is 0 Å². The van der Waals surface area contributed by atoms with E-state index in [9.17, 15) is 14.9 Å². The zero-order chi connectivity index (χ0) is 14.7. The van der Waals surface area contributed by atoms with E-state index in [4.69, 9.17) is 4.74 Å². The maximum absolute atomic E-state index is 11.7. The monoisotopic (exact) mass is 279 g/mol.